The van der Waals surface area contributed by atoms with Crippen LogP contribution in [-0.2, 0) is 5.60 Å². The Kier molecular flexibility index (Phi) is 1.79. The molecule has 0 spiro atoms. The number of hydrogen-bond acceptors (Lipinski definition) is 3. The summed E-state index contributed by atoms with van der Waals surface area (Å²) in [6.07, 6.45) is 0. The quantitative estimate of drug-likeness (QED) is 0.767. The maximum atomic E-state index is 9.87. The van der Waals surface area contributed by atoms with Crippen molar-refractivity contribution in [1.29, 1.82) is 0 Å². The van der Waals surface area contributed by atoms with Crippen LogP contribution in [0.15, 0.2) is 15.2 Å². The number of aliphatic hydroxyl groups is 1. The van der Waals surface area contributed by atoms with Gasteiger partial charge in [-0.05, 0) is 21.3 Å². The van der Waals surface area contributed by atoms with E-state index < -0.39 is 5.60 Å². The van der Waals surface area contributed by atoms with E-state index in [4.69, 9.17) is 0 Å². The molecule has 0 saturated carbocycles. The third-order valence-electron chi connectivity index (χ3n) is 1.95. The predicted octanol–water partition coefficient (Wildman–Crippen LogP) is 1.30. The van der Waals surface area contributed by atoms with Crippen LogP contribution < -0.4 is 5.32 Å². The molecule has 60 valence electrons. The summed E-state index contributed by atoms with van der Waals surface area (Å²) < 4.78 is 1.02. The second-order valence-electron chi connectivity index (χ2n) is 2.77. The van der Waals surface area contributed by atoms with Gasteiger partial charge in [-0.15, -0.1) is 0 Å². The molecular formula is C7H8BrNOS. The van der Waals surface area contributed by atoms with E-state index >= 15 is 0 Å². The number of nitrogens with one attached hydrogen (secondary N) is 1. The normalized spacial score (nSPS) is 21.3. The van der Waals surface area contributed by atoms with Gasteiger partial charge in [-0.25, -0.2) is 0 Å². The first-order valence-electron chi connectivity index (χ1n) is 3.38. The summed E-state index contributed by atoms with van der Waals surface area (Å²) in [6, 6.07) is 0. The summed E-state index contributed by atoms with van der Waals surface area (Å²) in [4.78, 5) is 0. The molecular weight excluding hydrogens is 226 g/mol. The molecule has 11 heavy (non-hydrogen) atoms. The van der Waals surface area contributed by atoms with Gasteiger partial charge in [0.05, 0.1) is 0 Å². The van der Waals surface area contributed by atoms with Gasteiger partial charge in [-0.2, -0.15) is 11.3 Å². The van der Waals surface area contributed by atoms with Gasteiger partial charge in [-0.1, -0.05) is 0 Å². The Morgan fingerprint density at radius 3 is 2.64 bits per heavy atom. The largest absolute Gasteiger partial charge is 0.382 e. The van der Waals surface area contributed by atoms with Crippen LogP contribution in [-0.4, -0.2) is 18.2 Å². The summed E-state index contributed by atoms with van der Waals surface area (Å²) in [7, 11) is 0. The Hall–Kier alpha value is 0.1000. The Labute approximate surface area is 77.4 Å². The highest BCUT2D eigenvalue weighted by molar-refractivity contribution is 9.10. The number of thiophene rings is 1. The standard InChI is InChI=1S/C7H8BrNOS/c8-6-2-11-1-5(6)7(10)3-9-4-7/h1-2,9-10H,3-4H2. The van der Waals surface area contributed by atoms with E-state index in [-0.39, 0.29) is 0 Å². The minimum atomic E-state index is -0.612. The highest BCUT2D eigenvalue weighted by atomic mass is 79.9. The van der Waals surface area contributed by atoms with Gasteiger partial charge in [-0.3, -0.25) is 0 Å². The Morgan fingerprint density at radius 2 is 2.27 bits per heavy atom. The minimum absolute atomic E-state index is 0.612. The zero-order chi connectivity index (χ0) is 7.90. The molecule has 0 amide bonds. The third-order valence-corrected chi connectivity index (χ3v) is 3.65. The summed E-state index contributed by atoms with van der Waals surface area (Å²) in [5.41, 5.74) is 0.403. The molecule has 2 rings (SSSR count). The SMILES string of the molecule is OC1(c2cscc2Br)CNC1. The van der Waals surface area contributed by atoms with Crippen molar-refractivity contribution in [2.75, 3.05) is 13.1 Å². The van der Waals surface area contributed by atoms with Crippen LogP contribution in [0.1, 0.15) is 5.56 Å². The van der Waals surface area contributed by atoms with Gasteiger partial charge < -0.3 is 10.4 Å². The smallest absolute Gasteiger partial charge is 0.116 e. The van der Waals surface area contributed by atoms with Crippen molar-refractivity contribution in [3.05, 3.63) is 20.8 Å². The lowest BCUT2D eigenvalue weighted by Crippen LogP contribution is -2.56. The van der Waals surface area contributed by atoms with Crippen molar-refractivity contribution >= 4 is 27.3 Å². The molecule has 2 heterocycles. The van der Waals surface area contributed by atoms with Crippen molar-refractivity contribution in [1.82, 2.24) is 5.32 Å². The molecule has 0 radical (unpaired) electrons. The monoisotopic (exact) mass is 233 g/mol. The lowest BCUT2D eigenvalue weighted by atomic mass is 9.91. The van der Waals surface area contributed by atoms with E-state index in [2.05, 4.69) is 21.2 Å². The Morgan fingerprint density at radius 1 is 1.55 bits per heavy atom. The number of halogens is 1. The number of β-amino-alcohol motifs (C(OH)–C–C–N with tert-alkyl or cyclic N) is 1. The van der Waals surface area contributed by atoms with Crippen molar-refractivity contribution in [2.45, 2.75) is 5.60 Å². The summed E-state index contributed by atoms with van der Waals surface area (Å²) in [5.74, 6) is 0. The fourth-order valence-electron chi connectivity index (χ4n) is 1.17. The number of hydrogen-bond donors (Lipinski definition) is 2. The first-order valence-corrected chi connectivity index (χ1v) is 5.11. The van der Waals surface area contributed by atoms with Crippen LogP contribution in [0.4, 0.5) is 0 Å². The molecule has 1 aromatic heterocycles. The van der Waals surface area contributed by atoms with E-state index in [1.54, 1.807) is 11.3 Å². The lowest BCUT2D eigenvalue weighted by Gasteiger charge is -2.37. The van der Waals surface area contributed by atoms with E-state index in [1.807, 2.05) is 10.8 Å². The molecule has 1 aliphatic heterocycles. The van der Waals surface area contributed by atoms with Crippen LogP contribution >= 0.6 is 27.3 Å². The van der Waals surface area contributed by atoms with Gasteiger partial charge in [0.15, 0.2) is 0 Å². The third kappa shape index (κ3) is 1.14. The van der Waals surface area contributed by atoms with Crippen LogP contribution in [0.5, 0.6) is 0 Å². The van der Waals surface area contributed by atoms with Gasteiger partial charge >= 0.3 is 0 Å². The highest BCUT2D eigenvalue weighted by Gasteiger charge is 2.37. The van der Waals surface area contributed by atoms with Gasteiger partial charge in [0, 0.05) is 28.5 Å². The zero-order valence-corrected chi connectivity index (χ0v) is 8.20. The molecule has 0 aromatic carbocycles. The van der Waals surface area contributed by atoms with Gasteiger partial charge in [0.25, 0.3) is 0 Å². The van der Waals surface area contributed by atoms with E-state index in [9.17, 15) is 5.11 Å². The maximum Gasteiger partial charge on any atom is 0.116 e. The molecule has 1 aliphatic rings. The molecule has 1 aromatic rings. The topological polar surface area (TPSA) is 32.3 Å². The second kappa shape index (κ2) is 2.55. The van der Waals surface area contributed by atoms with E-state index in [0.717, 1.165) is 10.0 Å². The van der Waals surface area contributed by atoms with Crippen molar-refractivity contribution in [3.8, 4) is 0 Å². The van der Waals surface area contributed by atoms with E-state index in [1.165, 1.54) is 0 Å². The summed E-state index contributed by atoms with van der Waals surface area (Å²) in [5, 5.41) is 16.9. The molecule has 1 fully saturated rings. The van der Waals surface area contributed by atoms with Crippen molar-refractivity contribution in [2.24, 2.45) is 0 Å². The van der Waals surface area contributed by atoms with Gasteiger partial charge in [0.2, 0.25) is 0 Å². The minimum Gasteiger partial charge on any atom is -0.382 e. The molecule has 2 N–H and O–H groups in total. The molecule has 0 atom stereocenters. The number of rotatable bonds is 1. The molecule has 0 bridgehead atoms. The Bertz CT molecular complexity index is 269. The fraction of sp³-hybridized carbons (Fsp3) is 0.429. The lowest BCUT2D eigenvalue weighted by molar-refractivity contribution is -0.0148. The summed E-state index contributed by atoms with van der Waals surface area (Å²) in [6.45, 7) is 1.34. The predicted molar refractivity (Wildman–Crippen MR) is 48.8 cm³/mol. The van der Waals surface area contributed by atoms with E-state index in [0.29, 0.717) is 13.1 Å². The Balaban J connectivity index is 2.35. The maximum absolute atomic E-state index is 9.87. The first-order chi connectivity index (χ1) is 5.22. The first kappa shape index (κ1) is 7.73. The zero-order valence-electron chi connectivity index (χ0n) is 5.80. The molecule has 4 heteroatoms. The highest BCUT2D eigenvalue weighted by Crippen LogP contribution is 2.33. The van der Waals surface area contributed by atoms with Crippen molar-refractivity contribution in [3.63, 3.8) is 0 Å². The van der Waals surface area contributed by atoms with Crippen LogP contribution in [0.2, 0.25) is 0 Å². The summed E-state index contributed by atoms with van der Waals surface area (Å²) >= 11 is 5.01. The fourth-order valence-corrected chi connectivity index (χ4v) is 2.92. The van der Waals surface area contributed by atoms with Crippen molar-refractivity contribution < 1.29 is 5.11 Å². The van der Waals surface area contributed by atoms with Crippen LogP contribution in [0.25, 0.3) is 0 Å². The van der Waals surface area contributed by atoms with Gasteiger partial charge in [0.1, 0.15) is 5.60 Å². The molecule has 1 saturated heterocycles. The second-order valence-corrected chi connectivity index (χ2v) is 4.37. The average Bonchev–Trinajstić information content (AvgIpc) is 2.30. The van der Waals surface area contributed by atoms with Crippen LogP contribution in [0, 0.1) is 0 Å². The van der Waals surface area contributed by atoms with Crippen LogP contribution in [0.3, 0.4) is 0 Å². The molecule has 0 aliphatic carbocycles. The molecule has 2 nitrogen and oxygen atoms in total. The molecule has 0 unspecified atom stereocenters. The average molecular weight is 234 g/mol.